The zero-order valence-corrected chi connectivity index (χ0v) is 22.6. The van der Waals surface area contributed by atoms with Gasteiger partial charge in [0.2, 0.25) is 0 Å². The van der Waals surface area contributed by atoms with Crippen molar-refractivity contribution in [3.63, 3.8) is 0 Å². The molecule has 2 rings (SSSR count). The molecular weight excluding hydrogens is 386 g/mol. The van der Waals surface area contributed by atoms with E-state index in [1.165, 1.54) is 56.8 Å². The molecular formula is C31H47N. The van der Waals surface area contributed by atoms with Crippen LogP contribution in [-0.2, 0) is 19.3 Å². The van der Waals surface area contributed by atoms with Crippen LogP contribution in [0.5, 0.6) is 0 Å². The molecule has 0 saturated carbocycles. The average Bonchev–Trinajstić information content (AvgIpc) is 2.70. The second-order valence-electron chi connectivity index (χ2n) is 11.3. The largest absolute Gasteiger partial charge is 0.257 e. The average molecular weight is 434 g/mol. The molecule has 0 aromatic heterocycles. The van der Waals surface area contributed by atoms with E-state index in [9.17, 15) is 0 Å². The maximum absolute atomic E-state index is 5.21. The zero-order valence-electron chi connectivity index (χ0n) is 22.6. The van der Waals surface area contributed by atoms with Gasteiger partial charge in [0.15, 0.2) is 0 Å². The predicted molar refractivity (Wildman–Crippen MR) is 144 cm³/mol. The van der Waals surface area contributed by atoms with Crippen molar-refractivity contribution in [3.05, 3.63) is 69.0 Å². The van der Waals surface area contributed by atoms with E-state index in [1.807, 2.05) is 0 Å². The van der Waals surface area contributed by atoms with Crippen molar-refractivity contribution in [2.45, 2.75) is 108 Å². The molecule has 1 nitrogen and oxygen atoms in total. The number of allylic oxidation sites excluding steroid dienone is 6. The van der Waals surface area contributed by atoms with Crippen LogP contribution in [0.25, 0.3) is 0 Å². The van der Waals surface area contributed by atoms with Crippen LogP contribution in [0, 0.1) is 18.3 Å². The van der Waals surface area contributed by atoms with Crippen LogP contribution < -0.4 is 0 Å². The Balaban J connectivity index is 2.30. The monoisotopic (exact) mass is 433 g/mol. The van der Waals surface area contributed by atoms with Gasteiger partial charge < -0.3 is 0 Å². The van der Waals surface area contributed by atoms with Gasteiger partial charge in [-0.25, -0.2) is 0 Å². The second kappa shape index (κ2) is 11.3. The molecule has 1 aromatic rings. The molecule has 1 aliphatic carbocycles. The van der Waals surface area contributed by atoms with E-state index in [2.05, 4.69) is 93.5 Å². The Labute approximate surface area is 198 Å². The summed E-state index contributed by atoms with van der Waals surface area (Å²) in [6.45, 7) is 22.8. The third kappa shape index (κ3) is 7.32. The van der Waals surface area contributed by atoms with Crippen LogP contribution in [0.3, 0.4) is 0 Å². The first-order chi connectivity index (χ1) is 14.9. The Morgan fingerprint density at radius 2 is 1.66 bits per heavy atom. The highest BCUT2D eigenvalue weighted by molar-refractivity contribution is 5.99. The fourth-order valence-electron chi connectivity index (χ4n) is 4.72. The first-order valence-corrected chi connectivity index (χ1v) is 12.7. The lowest BCUT2D eigenvalue weighted by atomic mass is 9.86. The lowest BCUT2D eigenvalue weighted by molar-refractivity contribution is 0.489. The van der Waals surface area contributed by atoms with Gasteiger partial charge in [-0.1, -0.05) is 77.0 Å². The van der Waals surface area contributed by atoms with Crippen molar-refractivity contribution in [3.8, 4) is 0 Å². The maximum Gasteiger partial charge on any atom is 0.0449 e. The number of hydrogen-bond acceptors (Lipinski definition) is 1. The van der Waals surface area contributed by atoms with Crippen LogP contribution in [0.4, 0.5) is 0 Å². The van der Waals surface area contributed by atoms with E-state index in [1.54, 1.807) is 0 Å². The highest BCUT2D eigenvalue weighted by Gasteiger charge is 2.21. The van der Waals surface area contributed by atoms with Crippen molar-refractivity contribution in [2.75, 3.05) is 0 Å². The molecule has 0 saturated heterocycles. The van der Waals surface area contributed by atoms with Gasteiger partial charge in [0.25, 0.3) is 0 Å². The lowest BCUT2D eigenvalue weighted by Crippen LogP contribution is -2.13. The summed E-state index contributed by atoms with van der Waals surface area (Å²) in [5.41, 5.74) is 12.7. The Kier molecular flexibility index (Phi) is 9.31. The minimum Gasteiger partial charge on any atom is -0.257 e. The van der Waals surface area contributed by atoms with Gasteiger partial charge in [-0.05, 0) is 100.0 Å². The van der Waals surface area contributed by atoms with Crippen molar-refractivity contribution >= 4 is 5.71 Å². The van der Waals surface area contributed by atoms with Crippen LogP contribution in [0.15, 0.2) is 51.7 Å². The summed E-state index contributed by atoms with van der Waals surface area (Å²) in [5, 5.41) is 0. The molecule has 1 aromatic carbocycles. The number of benzene rings is 1. The van der Waals surface area contributed by atoms with E-state index in [4.69, 9.17) is 4.99 Å². The molecule has 0 spiro atoms. The second-order valence-corrected chi connectivity index (χ2v) is 11.3. The minimum atomic E-state index is 0.0388. The SMILES string of the molecule is CCc1cc(CC/C(C)=C(/N=C(C)C2=CC=C(C)CC2)C(C)(C)C)c(C)cc1CC(C)C. The van der Waals surface area contributed by atoms with E-state index in [-0.39, 0.29) is 5.41 Å². The topological polar surface area (TPSA) is 12.4 Å². The fraction of sp³-hybridized carbons (Fsp3) is 0.581. The number of nitrogens with zero attached hydrogens (tertiary/aromatic N) is 1. The van der Waals surface area contributed by atoms with Crippen molar-refractivity contribution in [1.29, 1.82) is 0 Å². The van der Waals surface area contributed by atoms with Crippen molar-refractivity contribution in [2.24, 2.45) is 16.3 Å². The summed E-state index contributed by atoms with van der Waals surface area (Å²) in [4.78, 5) is 5.21. The van der Waals surface area contributed by atoms with Crippen LogP contribution >= 0.6 is 0 Å². The highest BCUT2D eigenvalue weighted by atomic mass is 14.8. The van der Waals surface area contributed by atoms with E-state index < -0.39 is 0 Å². The summed E-state index contributed by atoms with van der Waals surface area (Å²) in [7, 11) is 0. The quantitative estimate of drug-likeness (QED) is 0.362. The first kappa shape index (κ1) is 26.4. The van der Waals surface area contributed by atoms with Gasteiger partial charge in [-0.15, -0.1) is 0 Å². The maximum atomic E-state index is 5.21. The third-order valence-corrected chi connectivity index (χ3v) is 6.65. The zero-order chi connectivity index (χ0) is 24.1. The van der Waals surface area contributed by atoms with E-state index in [0.29, 0.717) is 5.92 Å². The normalized spacial score (nSPS) is 16.2. The standard InChI is InChI=1S/C31H47N/c1-11-26-20-28(24(6)19-29(26)18-21(2)3)17-14-23(5)30(31(8,9)10)32-25(7)27-15-12-22(4)13-16-27/h12,15,19-21H,11,13-14,16-18H2,1-10H3/b30-23+,32-25?. The first-order valence-electron chi connectivity index (χ1n) is 12.7. The van der Waals surface area contributed by atoms with Gasteiger partial charge in [0.1, 0.15) is 0 Å². The van der Waals surface area contributed by atoms with Gasteiger partial charge in [0, 0.05) is 16.8 Å². The number of aryl methyl sites for hydroxylation is 3. The third-order valence-electron chi connectivity index (χ3n) is 6.65. The fourth-order valence-corrected chi connectivity index (χ4v) is 4.72. The Morgan fingerprint density at radius 1 is 0.969 bits per heavy atom. The molecule has 0 unspecified atom stereocenters. The molecule has 0 amide bonds. The smallest absolute Gasteiger partial charge is 0.0449 e. The van der Waals surface area contributed by atoms with E-state index in [0.717, 1.165) is 32.1 Å². The van der Waals surface area contributed by atoms with E-state index >= 15 is 0 Å². The van der Waals surface area contributed by atoms with Gasteiger partial charge >= 0.3 is 0 Å². The summed E-state index contributed by atoms with van der Waals surface area (Å²) >= 11 is 0. The molecule has 0 radical (unpaired) electrons. The molecule has 1 aliphatic rings. The Bertz CT molecular complexity index is 926. The van der Waals surface area contributed by atoms with Crippen LogP contribution in [0.1, 0.15) is 104 Å². The molecule has 0 aliphatic heterocycles. The van der Waals surface area contributed by atoms with Gasteiger partial charge in [-0.2, -0.15) is 0 Å². The van der Waals surface area contributed by atoms with Crippen LogP contribution in [0.2, 0.25) is 0 Å². The molecule has 0 fully saturated rings. The Morgan fingerprint density at radius 3 is 2.19 bits per heavy atom. The number of rotatable bonds is 8. The minimum absolute atomic E-state index is 0.0388. The summed E-state index contributed by atoms with van der Waals surface area (Å²) < 4.78 is 0. The van der Waals surface area contributed by atoms with Crippen molar-refractivity contribution < 1.29 is 0 Å². The molecule has 176 valence electrons. The molecule has 0 bridgehead atoms. The van der Waals surface area contributed by atoms with Gasteiger partial charge in [0.05, 0.1) is 0 Å². The molecule has 1 heteroatoms. The molecule has 32 heavy (non-hydrogen) atoms. The molecule has 0 N–H and O–H groups in total. The Hall–Kier alpha value is -1.89. The number of hydrogen-bond donors (Lipinski definition) is 0. The predicted octanol–water partition coefficient (Wildman–Crippen LogP) is 9.14. The molecule has 0 atom stereocenters. The summed E-state index contributed by atoms with van der Waals surface area (Å²) in [6.07, 6.45) is 11.2. The lowest BCUT2D eigenvalue weighted by Gasteiger charge is -2.24. The number of aliphatic imine (C=N–C) groups is 1. The highest BCUT2D eigenvalue weighted by Crippen LogP contribution is 2.33. The van der Waals surface area contributed by atoms with Crippen molar-refractivity contribution in [1.82, 2.24) is 0 Å². The van der Waals surface area contributed by atoms with Crippen LogP contribution in [-0.4, -0.2) is 5.71 Å². The van der Waals surface area contributed by atoms with Gasteiger partial charge in [-0.3, -0.25) is 4.99 Å². The molecule has 0 heterocycles. The summed E-state index contributed by atoms with van der Waals surface area (Å²) in [6, 6.07) is 4.93. The summed E-state index contributed by atoms with van der Waals surface area (Å²) in [5.74, 6) is 0.699.